The van der Waals surface area contributed by atoms with E-state index in [1.54, 1.807) is 0 Å². The maximum Gasteiger partial charge on any atom is 0.325 e. The Bertz CT molecular complexity index is 583. The van der Waals surface area contributed by atoms with Gasteiger partial charge in [-0.1, -0.05) is 40.0 Å². The third-order valence-electron chi connectivity index (χ3n) is 6.24. The average Bonchev–Trinajstić information content (AvgIpc) is 2.75. The van der Waals surface area contributed by atoms with Crippen molar-refractivity contribution in [3.63, 3.8) is 0 Å². The van der Waals surface area contributed by atoms with Crippen molar-refractivity contribution in [1.29, 1.82) is 0 Å². The maximum absolute atomic E-state index is 13.0. The van der Waals surface area contributed by atoms with Gasteiger partial charge in [-0.15, -0.1) is 0 Å². The van der Waals surface area contributed by atoms with Crippen LogP contribution in [0, 0.1) is 17.3 Å². The summed E-state index contributed by atoms with van der Waals surface area (Å²) in [6, 6.07) is -0.423. The zero-order valence-corrected chi connectivity index (χ0v) is 16.4. The molecule has 3 rings (SSSR count). The van der Waals surface area contributed by atoms with Crippen LogP contribution in [0.1, 0.15) is 72.1 Å². The lowest BCUT2D eigenvalue weighted by Gasteiger charge is -2.43. The van der Waals surface area contributed by atoms with Crippen LogP contribution in [0.25, 0.3) is 0 Å². The van der Waals surface area contributed by atoms with Crippen LogP contribution < -0.4 is 10.6 Å². The predicted octanol–water partition coefficient (Wildman–Crippen LogP) is 2.82. The molecule has 3 aliphatic rings. The summed E-state index contributed by atoms with van der Waals surface area (Å²) in [6.45, 7) is 6.89. The molecule has 1 aliphatic heterocycles. The summed E-state index contributed by atoms with van der Waals surface area (Å²) in [5.41, 5.74) is -0.832. The lowest BCUT2D eigenvalue weighted by Crippen LogP contribution is -2.54. The number of amides is 4. The van der Waals surface area contributed by atoms with E-state index in [9.17, 15) is 14.4 Å². The summed E-state index contributed by atoms with van der Waals surface area (Å²) in [4.78, 5) is 38.9. The molecule has 1 heterocycles. The van der Waals surface area contributed by atoms with Crippen molar-refractivity contribution in [2.45, 2.75) is 77.7 Å². The van der Waals surface area contributed by atoms with Crippen LogP contribution in [-0.4, -0.2) is 41.4 Å². The van der Waals surface area contributed by atoms with Gasteiger partial charge in [0.15, 0.2) is 0 Å². The van der Waals surface area contributed by atoms with Gasteiger partial charge in [0.05, 0.1) is 0 Å². The van der Waals surface area contributed by atoms with Crippen LogP contribution >= 0.6 is 0 Å². The predicted molar refractivity (Wildman–Crippen MR) is 99.4 cm³/mol. The van der Waals surface area contributed by atoms with Gasteiger partial charge in [-0.2, -0.15) is 0 Å². The Hall–Kier alpha value is -1.59. The molecule has 2 N–H and O–H groups in total. The van der Waals surface area contributed by atoms with Crippen molar-refractivity contribution in [3.05, 3.63) is 0 Å². The van der Waals surface area contributed by atoms with E-state index in [2.05, 4.69) is 31.4 Å². The molecule has 26 heavy (non-hydrogen) atoms. The van der Waals surface area contributed by atoms with E-state index in [0.717, 1.165) is 24.2 Å². The normalized spacial score (nSPS) is 32.0. The average molecular weight is 364 g/mol. The fourth-order valence-corrected chi connectivity index (χ4v) is 5.50. The highest BCUT2D eigenvalue weighted by Crippen LogP contribution is 2.46. The Kier molecular flexibility index (Phi) is 5.31. The summed E-state index contributed by atoms with van der Waals surface area (Å²) in [7, 11) is 0. The lowest BCUT2D eigenvalue weighted by molar-refractivity contribution is -0.137. The third kappa shape index (κ3) is 4.04. The number of nitrogens with one attached hydrogen (secondary N) is 2. The van der Waals surface area contributed by atoms with E-state index in [1.807, 2.05) is 0 Å². The first kappa shape index (κ1) is 19.2. The molecule has 6 heteroatoms. The molecule has 3 fully saturated rings. The van der Waals surface area contributed by atoms with E-state index in [-0.39, 0.29) is 23.8 Å². The molecular weight excluding hydrogens is 330 g/mol. The lowest BCUT2D eigenvalue weighted by atomic mass is 9.64. The molecule has 0 unspecified atom stereocenters. The van der Waals surface area contributed by atoms with Gasteiger partial charge in [0.25, 0.3) is 5.91 Å². The van der Waals surface area contributed by atoms with Crippen molar-refractivity contribution >= 4 is 17.8 Å². The summed E-state index contributed by atoms with van der Waals surface area (Å²) in [5.74, 6) is 0.430. The number of nitrogens with zero attached hydrogens (tertiary/aromatic N) is 1. The summed E-state index contributed by atoms with van der Waals surface area (Å²) in [6.07, 6.45) is 8.37. The number of rotatable bonds is 4. The van der Waals surface area contributed by atoms with Gasteiger partial charge in [0.1, 0.15) is 12.1 Å². The van der Waals surface area contributed by atoms with Crippen LogP contribution in [0.15, 0.2) is 0 Å². The smallest absolute Gasteiger partial charge is 0.325 e. The monoisotopic (exact) mass is 363 g/mol. The van der Waals surface area contributed by atoms with Crippen LogP contribution in [0.5, 0.6) is 0 Å². The first-order valence-corrected chi connectivity index (χ1v) is 10.1. The molecule has 1 saturated heterocycles. The van der Waals surface area contributed by atoms with E-state index in [1.165, 1.54) is 19.3 Å². The molecule has 2 aliphatic carbocycles. The molecule has 0 aromatic carbocycles. The summed E-state index contributed by atoms with van der Waals surface area (Å²) in [5, 5.41) is 5.85. The zero-order valence-electron chi connectivity index (χ0n) is 16.4. The molecule has 0 aromatic heterocycles. The molecule has 1 spiro atoms. The van der Waals surface area contributed by atoms with Gasteiger partial charge in [0.2, 0.25) is 5.91 Å². The molecule has 0 aromatic rings. The Morgan fingerprint density at radius 2 is 1.88 bits per heavy atom. The molecule has 6 nitrogen and oxygen atoms in total. The number of carbonyl (C=O) groups excluding carboxylic acids is 3. The minimum absolute atomic E-state index is 0.000141. The van der Waals surface area contributed by atoms with Gasteiger partial charge in [0, 0.05) is 6.54 Å². The largest absolute Gasteiger partial charge is 0.354 e. The number of urea groups is 1. The molecule has 0 radical (unpaired) electrons. The van der Waals surface area contributed by atoms with Crippen molar-refractivity contribution in [2.75, 3.05) is 13.1 Å². The van der Waals surface area contributed by atoms with E-state index in [0.29, 0.717) is 31.2 Å². The molecule has 4 amide bonds. The van der Waals surface area contributed by atoms with Gasteiger partial charge < -0.3 is 10.6 Å². The number of hydrogen-bond donors (Lipinski definition) is 2. The minimum Gasteiger partial charge on any atom is -0.354 e. The minimum atomic E-state index is -0.831. The van der Waals surface area contributed by atoms with Gasteiger partial charge in [-0.3, -0.25) is 14.5 Å². The van der Waals surface area contributed by atoms with Crippen LogP contribution in [0.3, 0.4) is 0 Å². The zero-order chi connectivity index (χ0) is 18.9. The molecule has 2 saturated carbocycles. The maximum atomic E-state index is 13.0. The highest BCUT2D eigenvalue weighted by atomic mass is 16.2. The van der Waals surface area contributed by atoms with Crippen molar-refractivity contribution in [1.82, 2.24) is 15.5 Å². The molecule has 146 valence electrons. The molecule has 0 bridgehead atoms. The topological polar surface area (TPSA) is 78.5 Å². The number of hydrogen-bond acceptors (Lipinski definition) is 3. The summed E-state index contributed by atoms with van der Waals surface area (Å²) < 4.78 is 0. The van der Waals surface area contributed by atoms with E-state index in [4.69, 9.17) is 0 Å². The second-order valence-electron chi connectivity index (χ2n) is 9.57. The van der Waals surface area contributed by atoms with Crippen LogP contribution in [-0.2, 0) is 9.59 Å². The van der Waals surface area contributed by atoms with Crippen molar-refractivity contribution < 1.29 is 14.4 Å². The Morgan fingerprint density at radius 1 is 1.19 bits per heavy atom. The number of carbonyl (C=O) groups is 3. The summed E-state index contributed by atoms with van der Waals surface area (Å²) >= 11 is 0. The highest BCUT2D eigenvalue weighted by Gasteiger charge is 2.56. The van der Waals surface area contributed by atoms with Crippen LogP contribution in [0.2, 0.25) is 0 Å². The van der Waals surface area contributed by atoms with E-state index < -0.39 is 11.6 Å². The second kappa shape index (κ2) is 7.20. The van der Waals surface area contributed by atoms with E-state index >= 15 is 0 Å². The Balaban J connectivity index is 1.59. The standard InChI is InChI=1S/C20H33N3O3/c1-14-9-19(2,3)13-20(10-14)17(25)23(18(26)22-20)12-16(24)21-11-15-7-5-4-6-8-15/h14-15H,4-13H2,1-3H3,(H,21,24)(H,22,26)/t14-,20-/m1/s1. The first-order chi connectivity index (χ1) is 12.2. The highest BCUT2D eigenvalue weighted by molar-refractivity contribution is 6.09. The Labute approximate surface area is 156 Å². The molecule has 2 atom stereocenters. The fraction of sp³-hybridized carbons (Fsp3) is 0.850. The third-order valence-corrected chi connectivity index (χ3v) is 6.24. The SMILES string of the molecule is C[C@@H]1CC(C)(C)C[C@@]2(C1)NC(=O)N(CC(=O)NCC1CCCCC1)C2=O. The van der Waals surface area contributed by atoms with Gasteiger partial charge in [-0.05, 0) is 49.4 Å². The van der Waals surface area contributed by atoms with Gasteiger partial charge >= 0.3 is 6.03 Å². The quantitative estimate of drug-likeness (QED) is 0.754. The fourth-order valence-electron chi connectivity index (χ4n) is 5.50. The number of imide groups is 1. The van der Waals surface area contributed by atoms with Crippen molar-refractivity contribution in [3.8, 4) is 0 Å². The van der Waals surface area contributed by atoms with Gasteiger partial charge in [-0.25, -0.2) is 4.79 Å². The van der Waals surface area contributed by atoms with Crippen LogP contribution in [0.4, 0.5) is 4.79 Å². The van der Waals surface area contributed by atoms with Crippen molar-refractivity contribution in [2.24, 2.45) is 17.3 Å². The molecular formula is C20H33N3O3. The second-order valence-corrected chi connectivity index (χ2v) is 9.57. The first-order valence-electron chi connectivity index (χ1n) is 10.1. The Morgan fingerprint density at radius 3 is 2.54 bits per heavy atom.